The molecule has 1 fully saturated rings. The average Bonchev–Trinajstić information content (AvgIpc) is 3.11. The van der Waals surface area contributed by atoms with Gasteiger partial charge in [0.1, 0.15) is 11.9 Å². The van der Waals surface area contributed by atoms with E-state index in [1.165, 1.54) is 6.92 Å². The Balaban J connectivity index is 2.06. The van der Waals surface area contributed by atoms with Crippen molar-refractivity contribution in [2.45, 2.75) is 64.2 Å². The number of amides is 2. The fourth-order valence-electron chi connectivity index (χ4n) is 4.29. The summed E-state index contributed by atoms with van der Waals surface area (Å²) in [4.78, 5) is 27.2. The molecule has 0 N–H and O–H groups in total. The molecule has 1 saturated heterocycles. The summed E-state index contributed by atoms with van der Waals surface area (Å²) in [5.74, 6) is -0.714. The van der Waals surface area contributed by atoms with Gasteiger partial charge in [0.15, 0.2) is 0 Å². The van der Waals surface area contributed by atoms with Gasteiger partial charge in [-0.25, -0.2) is 9.59 Å². The molecular weight excluding hydrogens is 579 g/mol. The number of methoxy groups -OCH3 is 1. The number of anilines is 1. The van der Waals surface area contributed by atoms with Gasteiger partial charge in [0.05, 0.1) is 36.5 Å². The van der Waals surface area contributed by atoms with E-state index in [1.807, 2.05) is 0 Å². The molecule has 0 bridgehead atoms. The highest BCUT2D eigenvalue weighted by atomic mass is 19.4. The Labute approximate surface area is 227 Å². The molecule has 2 atom stereocenters. The van der Waals surface area contributed by atoms with Crippen molar-refractivity contribution in [2.75, 3.05) is 12.0 Å². The predicted molar refractivity (Wildman–Crippen MR) is 124 cm³/mol. The van der Waals surface area contributed by atoms with Crippen LogP contribution in [0.15, 0.2) is 36.4 Å². The molecule has 1 aliphatic rings. The number of carbonyl (C=O) groups excluding carboxylic acids is 2. The van der Waals surface area contributed by atoms with E-state index in [0.717, 1.165) is 35.1 Å². The molecule has 41 heavy (non-hydrogen) atoms. The van der Waals surface area contributed by atoms with Crippen LogP contribution in [0.3, 0.4) is 0 Å². The summed E-state index contributed by atoms with van der Waals surface area (Å²) >= 11 is 0. The summed E-state index contributed by atoms with van der Waals surface area (Å²) in [6.45, 7) is 3.84. The fourth-order valence-corrected chi connectivity index (χ4v) is 4.29. The minimum Gasteiger partial charge on any atom is -0.452 e. The lowest BCUT2D eigenvalue weighted by Crippen LogP contribution is -2.38. The van der Waals surface area contributed by atoms with Gasteiger partial charge >= 0.3 is 30.9 Å². The standard InChI is InChI=1S/C25H23F9N2O5/c1-12(2)36(22(38)39-4)19-6-5-18(41-25(32,33)34)9-15(19)11-35-13(3)20(40-21(35)37)14-7-16(23(26,27)28)10-17(8-14)24(29,30)31/h5-10,12-13,20H,11H2,1-4H3/t13-,20-/m0/s1. The van der Waals surface area contributed by atoms with Gasteiger partial charge in [-0.1, -0.05) is 0 Å². The van der Waals surface area contributed by atoms with Crippen molar-refractivity contribution < 1.29 is 63.3 Å². The van der Waals surface area contributed by atoms with Crippen LogP contribution in [0, 0.1) is 0 Å². The molecule has 3 rings (SSSR count). The lowest BCUT2D eigenvalue weighted by Gasteiger charge is -2.29. The van der Waals surface area contributed by atoms with Gasteiger partial charge in [-0.15, -0.1) is 13.2 Å². The Hall–Kier alpha value is -3.85. The summed E-state index contributed by atoms with van der Waals surface area (Å²) in [7, 11) is 1.06. The number of halogens is 9. The topological polar surface area (TPSA) is 68.3 Å². The van der Waals surface area contributed by atoms with Crippen LogP contribution in [0.4, 0.5) is 54.8 Å². The summed E-state index contributed by atoms with van der Waals surface area (Å²) in [5, 5.41) is 0. The number of nitrogens with zero attached hydrogens (tertiary/aromatic N) is 2. The minimum absolute atomic E-state index is 0.00301. The Bertz CT molecular complexity index is 1260. The zero-order chi connectivity index (χ0) is 31.1. The van der Waals surface area contributed by atoms with Crippen molar-refractivity contribution in [3.05, 3.63) is 58.7 Å². The molecule has 1 aliphatic heterocycles. The molecule has 2 aromatic rings. The second-order valence-electron chi connectivity index (χ2n) is 9.28. The number of ether oxygens (including phenoxy) is 3. The van der Waals surface area contributed by atoms with Gasteiger partial charge in [0.25, 0.3) is 0 Å². The molecule has 2 aromatic carbocycles. The van der Waals surface area contributed by atoms with Crippen LogP contribution in [-0.2, 0) is 28.4 Å². The predicted octanol–water partition coefficient (Wildman–Crippen LogP) is 7.69. The molecule has 0 saturated carbocycles. The molecule has 226 valence electrons. The molecule has 0 aliphatic carbocycles. The van der Waals surface area contributed by atoms with Crippen molar-refractivity contribution in [3.8, 4) is 5.75 Å². The molecular formula is C25H23F9N2O5. The number of hydrogen-bond acceptors (Lipinski definition) is 5. The first-order chi connectivity index (χ1) is 18.7. The van der Waals surface area contributed by atoms with E-state index in [-0.39, 0.29) is 17.3 Å². The van der Waals surface area contributed by atoms with Crippen LogP contribution < -0.4 is 9.64 Å². The number of cyclic esters (lactones) is 1. The zero-order valence-electron chi connectivity index (χ0n) is 21.7. The number of alkyl halides is 9. The van der Waals surface area contributed by atoms with E-state index in [2.05, 4.69) is 4.74 Å². The highest BCUT2D eigenvalue weighted by Gasteiger charge is 2.44. The van der Waals surface area contributed by atoms with E-state index < -0.39 is 78.1 Å². The first-order valence-corrected chi connectivity index (χ1v) is 11.8. The lowest BCUT2D eigenvalue weighted by molar-refractivity contribution is -0.274. The first-order valence-electron chi connectivity index (χ1n) is 11.8. The van der Waals surface area contributed by atoms with Gasteiger partial charge in [-0.3, -0.25) is 9.80 Å². The highest BCUT2D eigenvalue weighted by molar-refractivity contribution is 5.89. The second kappa shape index (κ2) is 11.2. The number of hydrogen-bond donors (Lipinski definition) is 0. The van der Waals surface area contributed by atoms with Crippen molar-refractivity contribution in [2.24, 2.45) is 0 Å². The quantitative estimate of drug-likeness (QED) is 0.317. The Morgan fingerprint density at radius 2 is 1.54 bits per heavy atom. The highest BCUT2D eigenvalue weighted by Crippen LogP contribution is 2.42. The van der Waals surface area contributed by atoms with Gasteiger partial charge in [-0.2, -0.15) is 26.3 Å². The van der Waals surface area contributed by atoms with Gasteiger partial charge in [-0.05, 0) is 68.3 Å². The normalized spacial score (nSPS) is 18.0. The largest absolute Gasteiger partial charge is 0.573 e. The molecule has 7 nitrogen and oxygen atoms in total. The maximum atomic E-state index is 13.4. The summed E-state index contributed by atoms with van der Waals surface area (Å²) in [6, 6.07) is 1.90. The fraction of sp³-hybridized carbons (Fsp3) is 0.440. The van der Waals surface area contributed by atoms with Crippen molar-refractivity contribution in [1.82, 2.24) is 4.90 Å². The maximum Gasteiger partial charge on any atom is 0.573 e. The van der Waals surface area contributed by atoms with Crippen LogP contribution in [0.5, 0.6) is 5.75 Å². The monoisotopic (exact) mass is 602 g/mol. The van der Waals surface area contributed by atoms with Crippen molar-refractivity contribution >= 4 is 17.9 Å². The smallest absolute Gasteiger partial charge is 0.452 e. The number of benzene rings is 2. The Morgan fingerprint density at radius 3 is 2.00 bits per heavy atom. The lowest BCUT2D eigenvalue weighted by atomic mass is 9.97. The van der Waals surface area contributed by atoms with Crippen LogP contribution >= 0.6 is 0 Å². The van der Waals surface area contributed by atoms with Crippen molar-refractivity contribution in [1.29, 1.82) is 0 Å². The molecule has 2 amide bonds. The van der Waals surface area contributed by atoms with Gasteiger partial charge in [0.2, 0.25) is 0 Å². The van der Waals surface area contributed by atoms with Crippen LogP contribution in [0.1, 0.15) is 49.1 Å². The van der Waals surface area contributed by atoms with Crippen molar-refractivity contribution in [3.63, 3.8) is 0 Å². The minimum atomic E-state index is -5.15. The third kappa shape index (κ3) is 7.27. The molecule has 0 aromatic heterocycles. The summed E-state index contributed by atoms with van der Waals surface area (Å²) < 4.78 is 133. The third-order valence-corrected chi connectivity index (χ3v) is 6.10. The first kappa shape index (κ1) is 31.7. The second-order valence-corrected chi connectivity index (χ2v) is 9.28. The zero-order valence-corrected chi connectivity index (χ0v) is 21.7. The molecule has 0 unspecified atom stereocenters. The number of rotatable bonds is 6. The maximum absolute atomic E-state index is 13.4. The summed E-state index contributed by atoms with van der Waals surface area (Å²) in [6.07, 6.45) is -19.1. The summed E-state index contributed by atoms with van der Waals surface area (Å²) in [5.41, 5.74) is -3.91. The average molecular weight is 602 g/mol. The molecule has 16 heteroatoms. The van der Waals surface area contributed by atoms with Gasteiger partial charge < -0.3 is 14.2 Å². The van der Waals surface area contributed by atoms with E-state index in [1.54, 1.807) is 13.8 Å². The molecule has 0 spiro atoms. The third-order valence-electron chi connectivity index (χ3n) is 6.10. The Kier molecular flexibility index (Phi) is 8.65. The van der Waals surface area contributed by atoms with E-state index in [4.69, 9.17) is 9.47 Å². The number of carbonyl (C=O) groups is 2. The SMILES string of the molecule is COC(=O)N(c1ccc(OC(F)(F)F)cc1CN1C(=O)O[C@H](c2cc(C(F)(F)F)cc(C(F)(F)F)c2)[C@@H]1C)C(C)C. The molecule has 1 heterocycles. The van der Waals surface area contributed by atoms with E-state index in [9.17, 15) is 49.1 Å². The molecule has 0 radical (unpaired) electrons. The van der Waals surface area contributed by atoms with Crippen LogP contribution in [0.25, 0.3) is 0 Å². The Morgan fingerprint density at radius 1 is 0.976 bits per heavy atom. The van der Waals surface area contributed by atoms with E-state index >= 15 is 0 Å². The van der Waals surface area contributed by atoms with Crippen LogP contribution in [-0.4, -0.2) is 42.6 Å². The van der Waals surface area contributed by atoms with E-state index in [0.29, 0.717) is 12.1 Å². The van der Waals surface area contributed by atoms with Gasteiger partial charge in [0, 0.05) is 6.04 Å². The van der Waals surface area contributed by atoms with Crippen LogP contribution in [0.2, 0.25) is 0 Å².